The van der Waals surface area contributed by atoms with E-state index in [1.807, 2.05) is 59.5 Å². The molecule has 2 unspecified atom stereocenters. The molecule has 2 aromatic carbocycles. The number of ether oxygens (including phenoxy) is 1. The van der Waals surface area contributed by atoms with Crippen molar-refractivity contribution in [1.82, 2.24) is 10.2 Å². The maximum Gasteiger partial charge on any atom is 0.231 e. The molecule has 7 nitrogen and oxygen atoms in total. The highest BCUT2D eigenvalue weighted by Gasteiger charge is 2.58. The van der Waals surface area contributed by atoms with Gasteiger partial charge >= 0.3 is 0 Å². The van der Waals surface area contributed by atoms with Gasteiger partial charge in [0.15, 0.2) is 0 Å². The second-order valence-electron chi connectivity index (χ2n) is 11.0. The van der Waals surface area contributed by atoms with E-state index in [4.69, 9.17) is 10.5 Å². The number of hydrogen-bond donors (Lipinski definition) is 3. The third kappa shape index (κ3) is 7.32. The molecule has 2 aromatic rings. The Morgan fingerprint density at radius 1 is 1.05 bits per heavy atom. The highest BCUT2D eigenvalue weighted by atomic mass is 16.5. The number of aliphatic hydroxyl groups excluding tert-OH is 1. The van der Waals surface area contributed by atoms with E-state index in [0.29, 0.717) is 38.9 Å². The lowest BCUT2D eigenvalue weighted by molar-refractivity contribution is -0.162. The largest absolute Gasteiger partial charge is 0.497 e. The standard InChI is InChI=1S/C33H47N3O4/c1-4-22-36(23-5-2)31(39)32(19-11-20-35-21-16-26-14-9-15-28(24-26)40-3)17-10-18-33(29(32)37,30(34)38)25-27-12-7-6-8-13-27/h6-10,12-15,18,24,29,35,37H,4-5,11,16-17,19-23,25H2,1-3H3,(H2,34,38)/t29?,32?,33-/m1/s1. The zero-order valence-electron chi connectivity index (χ0n) is 24.4. The third-order valence-electron chi connectivity index (χ3n) is 8.11. The van der Waals surface area contributed by atoms with Crippen LogP contribution in [0.5, 0.6) is 5.75 Å². The van der Waals surface area contributed by atoms with Crippen molar-refractivity contribution in [3.63, 3.8) is 0 Å². The number of benzene rings is 2. The first kappa shape index (κ1) is 31.4. The number of allylic oxidation sites excluding steroid dienone is 1. The minimum atomic E-state index is -1.36. The number of hydrogen-bond acceptors (Lipinski definition) is 5. The summed E-state index contributed by atoms with van der Waals surface area (Å²) in [5.41, 5.74) is 5.62. The maximum atomic E-state index is 14.3. The van der Waals surface area contributed by atoms with Crippen LogP contribution < -0.4 is 15.8 Å². The fourth-order valence-corrected chi connectivity index (χ4v) is 6.00. The Morgan fingerprint density at radius 3 is 2.40 bits per heavy atom. The number of nitrogens with one attached hydrogen (secondary N) is 1. The molecule has 0 bridgehead atoms. The predicted molar refractivity (Wildman–Crippen MR) is 160 cm³/mol. The van der Waals surface area contributed by atoms with Gasteiger partial charge in [-0.3, -0.25) is 9.59 Å². The minimum Gasteiger partial charge on any atom is -0.497 e. The van der Waals surface area contributed by atoms with Crippen LogP contribution in [0.25, 0.3) is 0 Å². The molecule has 0 saturated heterocycles. The van der Waals surface area contributed by atoms with Crippen LogP contribution in [0.15, 0.2) is 66.7 Å². The first-order chi connectivity index (χ1) is 19.3. The molecule has 218 valence electrons. The predicted octanol–water partition coefficient (Wildman–Crippen LogP) is 4.28. The summed E-state index contributed by atoms with van der Waals surface area (Å²) in [7, 11) is 1.66. The summed E-state index contributed by atoms with van der Waals surface area (Å²) in [5, 5.41) is 15.6. The number of amides is 2. The lowest BCUT2D eigenvalue weighted by Gasteiger charge is -2.49. The summed E-state index contributed by atoms with van der Waals surface area (Å²) in [4.78, 5) is 29.2. The Morgan fingerprint density at radius 2 is 1.75 bits per heavy atom. The fraction of sp³-hybridized carbons (Fsp3) is 0.515. The average molecular weight is 550 g/mol. The van der Waals surface area contributed by atoms with Crippen LogP contribution >= 0.6 is 0 Å². The number of nitrogens with two attached hydrogens (primary N) is 1. The second kappa shape index (κ2) is 15.0. The van der Waals surface area contributed by atoms with Crippen molar-refractivity contribution in [2.24, 2.45) is 16.6 Å². The number of carbonyl (C=O) groups excluding carboxylic acids is 2. The van der Waals surface area contributed by atoms with Crippen LogP contribution in [0.3, 0.4) is 0 Å². The van der Waals surface area contributed by atoms with Crippen molar-refractivity contribution in [2.75, 3.05) is 33.3 Å². The Labute approximate surface area is 239 Å². The van der Waals surface area contributed by atoms with Gasteiger partial charge in [0.05, 0.1) is 24.0 Å². The van der Waals surface area contributed by atoms with Crippen LogP contribution in [-0.4, -0.2) is 61.2 Å². The van der Waals surface area contributed by atoms with Gasteiger partial charge in [-0.2, -0.15) is 0 Å². The maximum absolute atomic E-state index is 14.3. The van der Waals surface area contributed by atoms with Gasteiger partial charge in [-0.25, -0.2) is 0 Å². The highest BCUT2D eigenvalue weighted by molar-refractivity contribution is 5.89. The molecule has 3 atom stereocenters. The van der Waals surface area contributed by atoms with E-state index in [2.05, 4.69) is 25.2 Å². The van der Waals surface area contributed by atoms with E-state index in [0.717, 1.165) is 37.1 Å². The van der Waals surface area contributed by atoms with Crippen molar-refractivity contribution in [3.8, 4) is 5.75 Å². The molecule has 0 aromatic heterocycles. The van der Waals surface area contributed by atoms with E-state index in [-0.39, 0.29) is 12.3 Å². The SMILES string of the molecule is CCCN(CCC)C(=O)C1(CCCNCCc2cccc(OC)c2)CC=C[C@](Cc2ccccc2)(C(N)=O)C1O. The summed E-state index contributed by atoms with van der Waals surface area (Å²) >= 11 is 0. The average Bonchev–Trinajstić information content (AvgIpc) is 2.96. The zero-order valence-corrected chi connectivity index (χ0v) is 24.4. The first-order valence-electron chi connectivity index (χ1n) is 14.7. The Bertz CT molecular complexity index is 1120. The molecule has 0 heterocycles. The van der Waals surface area contributed by atoms with Crippen LogP contribution in [-0.2, 0) is 22.4 Å². The molecular weight excluding hydrogens is 502 g/mol. The molecule has 0 saturated carbocycles. The number of rotatable bonds is 16. The van der Waals surface area contributed by atoms with Gasteiger partial charge < -0.3 is 25.8 Å². The molecule has 40 heavy (non-hydrogen) atoms. The van der Waals surface area contributed by atoms with Crippen molar-refractivity contribution in [2.45, 2.75) is 64.9 Å². The Kier molecular flexibility index (Phi) is 11.8. The minimum absolute atomic E-state index is 0.0804. The summed E-state index contributed by atoms with van der Waals surface area (Å²) in [5.74, 6) is 0.156. The van der Waals surface area contributed by atoms with Crippen LogP contribution in [0, 0.1) is 10.8 Å². The zero-order chi connectivity index (χ0) is 29.0. The third-order valence-corrected chi connectivity index (χ3v) is 8.11. The first-order valence-corrected chi connectivity index (χ1v) is 14.7. The molecule has 7 heteroatoms. The highest BCUT2D eigenvalue weighted by Crippen LogP contribution is 2.48. The van der Waals surface area contributed by atoms with Gasteiger partial charge in [-0.05, 0) is 81.3 Å². The number of carbonyl (C=O) groups is 2. The lowest BCUT2D eigenvalue weighted by atomic mass is 9.58. The monoisotopic (exact) mass is 549 g/mol. The molecule has 2 amide bonds. The lowest BCUT2D eigenvalue weighted by Crippen LogP contribution is -2.61. The van der Waals surface area contributed by atoms with E-state index in [1.165, 1.54) is 5.56 Å². The smallest absolute Gasteiger partial charge is 0.231 e. The molecule has 1 aliphatic carbocycles. The van der Waals surface area contributed by atoms with Gasteiger partial charge in [0, 0.05) is 13.1 Å². The molecule has 0 spiro atoms. The van der Waals surface area contributed by atoms with Crippen molar-refractivity contribution in [3.05, 3.63) is 77.9 Å². The summed E-state index contributed by atoms with van der Waals surface area (Å²) in [6.45, 7) is 6.81. The van der Waals surface area contributed by atoms with Crippen molar-refractivity contribution < 1.29 is 19.4 Å². The van der Waals surface area contributed by atoms with E-state index >= 15 is 0 Å². The number of methoxy groups -OCH3 is 1. The molecule has 0 fully saturated rings. The van der Waals surface area contributed by atoms with Crippen LogP contribution in [0.2, 0.25) is 0 Å². The summed E-state index contributed by atoms with van der Waals surface area (Å²) < 4.78 is 5.32. The van der Waals surface area contributed by atoms with E-state index < -0.39 is 22.8 Å². The molecule has 1 aliphatic rings. The Hall–Kier alpha value is -3.16. The molecule has 0 radical (unpaired) electrons. The number of nitrogens with zero attached hydrogens (tertiary/aromatic N) is 1. The molecular formula is C33H47N3O4. The van der Waals surface area contributed by atoms with Gasteiger partial charge in [0.2, 0.25) is 11.8 Å². The van der Waals surface area contributed by atoms with Gasteiger partial charge in [-0.1, -0.05) is 68.5 Å². The van der Waals surface area contributed by atoms with Gasteiger partial charge in [-0.15, -0.1) is 0 Å². The van der Waals surface area contributed by atoms with Gasteiger partial charge in [0.25, 0.3) is 0 Å². The van der Waals surface area contributed by atoms with Crippen molar-refractivity contribution >= 4 is 11.8 Å². The number of primary amides is 1. The van der Waals surface area contributed by atoms with E-state index in [9.17, 15) is 14.7 Å². The topological polar surface area (TPSA) is 105 Å². The van der Waals surface area contributed by atoms with Crippen LogP contribution in [0.1, 0.15) is 57.1 Å². The fourth-order valence-electron chi connectivity index (χ4n) is 6.00. The quantitative estimate of drug-likeness (QED) is 0.214. The van der Waals surface area contributed by atoms with Gasteiger partial charge in [0.1, 0.15) is 5.75 Å². The number of aliphatic hydroxyl groups is 1. The molecule has 0 aliphatic heterocycles. The summed E-state index contributed by atoms with van der Waals surface area (Å²) in [6, 6.07) is 17.6. The van der Waals surface area contributed by atoms with E-state index in [1.54, 1.807) is 13.2 Å². The second-order valence-corrected chi connectivity index (χ2v) is 11.0. The van der Waals surface area contributed by atoms with Crippen LogP contribution in [0.4, 0.5) is 0 Å². The van der Waals surface area contributed by atoms with Crippen molar-refractivity contribution in [1.29, 1.82) is 0 Å². The molecule has 4 N–H and O–H groups in total. The summed E-state index contributed by atoms with van der Waals surface area (Å²) in [6.07, 6.45) is 6.67. The molecule has 3 rings (SSSR count). The Balaban J connectivity index is 1.80. The normalized spacial score (nSPS) is 22.1.